The third kappa shape index (κ3) is 4.63. The van der Waals surface area contributed by atoms with Crippen LogP contribution in [0.25, 0.3) is 0 Å². The number of piperidine rings is 1. The van der Waals surface area contributed by atoms with Crippen molar-refractivity contribution in [3.05, 3.63) is 24.3 Å². The summed E-state index contributed by atoms with van der Waals surface area (Å²) in [6.45, 7) is 2.55. The number of hydrogen-bond donors (Lipinski definition) is 2. The van der Waals surface area contributed by atoms with E-state index in [1.807, 2.05) is 6.92 Å². The number of ether oxygens (including phenoxy) is 1. The Bertz CT molecular complexity index is 497. The number of amides is 1. The van der Waals surface area contributed by atoms with Crippen molar-refractivity contribution in [2.75, 3.05) is 11.9 Å². The van der Waals surface area contributed by atoms with Crippen LogP contribution in [0.3, 0.4) is 0 Å². The Labute approximate surface area is 120 Å². The van der Waals surface area contributed by atoms with Crippen LogP contribution in [-0.4, -0.2) is 24.9 Å². The summed E-state index contributed by atoms with van der Waals surface area (Å²) in [5, 5.41) is 5.69. The van der Waals surface area contributed by atoms with Crippen LogP contribution in [0, 0.1) is 5.92 Å². The van der Waals surface area contributed by atoms with E-state index in [1.165, 1.54) is 18.2 Å². The highest BCUT2D eigenvalue weighted by Gasteiger charge is 2.32. The van der Waals surface area contributed by atoms with Crippen LogP contribution in [0.1, 0.15) is 19.8 Å². The van der Waals surface area contributed by atoms with E-state index >= 15 is 0 Å². The summed E-state index contributed by atoms with van der Waals surface area (Å²) in [5.41, 5.74) is 0.0263. The molecule has 2 atom stereocenters. The fourth-order valence-corrected chi connectivity index (χ4v) is 2.24. The van der Waals surface area contributed by atoms with E-state index in [4.69, 9.17) is 0 Å². The van der Waals surface area contributed by atoms with Gasteiger partial charge in [0.15, 0.2) is 5.75 Å². The molecule has 0 spiro atoms. The van der Waals surface area contributed by atoms with Crippen LogP contribution >= 0.6 is 0 Å². The molecule has 1 heterocycles. The zero-order chi connectivity index (χ0) is 15.5. The van der Waals surface area contributed by atoms with Crippen molar-refractivity contribution >= 4 is 11.6 Å². The predicted molar refractivity (Wildman–Crippen MR) is 71.9 cm³/mol. The maximum Gasteiger partial charge on any atom is 0.573 e. The molecule has 1 aliphatic heterocycles. The summed E-state index contributed by atoms with van der Waals surface area (Å²) < 4.78 is 40.8. The number of benzene rings is 1. The molecular formula is C14H17F3N2O2. The van der Waals surface area contributed by atoms with Crippen LogP contribution in [0.4, 0.5) is 18.9 Å². The average molecular weight is 302 g/mol. The SMILES string of the molecule is CC1CCC(C(=O)Nc2ccccc2OC(F)(F)F)CN1. The van der Waals surface area contributed by atoms with Crippen LogP contribution < -0.4 is 15.4 Å². The van der Waals surface area contributed by atoms with Gasteiger partial charge in [0.2, 0.25) is 5.91 Å². The normalized spacial score (nSPS) is 22.7. The fourth-order valence-electron chi connectivity index (χ4n) is 2.24. The molecule has 1 saturated heterocycles. The molecule has 0 radical (unpaired) electrons. The van der Waals surface area contributed by atoms with Gasteiger partial charge in [0.1, 0.15) is 0 Å². The molecule has 0 aromatic heterocycles. The Balaban J connectivity index is 2.04. The first-order chi connectivity index (χ1) is 9.85. The van der Waals surface area contributed by atoms with Crippen molar-refractivity contribution in [2.45, 2.75) is 32.2 Å². The number of nitrogens with one attached hydrogen (secondary N) is 2. The van der Waals surface area contributed by atoms with Gasteiger partial charge in [-0.25, -0.2) is 0 Å². The predicted octanol–water partition coefficient (Wildman–Crippen LogP) is 2.91. The van der Waals surface area contributed by atoms with E-state index in [2.05, 4.69) is 15.4 Å². The number of hydrogen-bond acceptors (Lipinski definition) is 3. The van der Waals surface area contributed by atoms with Crippen molar-refractivity contribution in [1.29, 1.82) is 0 Å². The Hall–Kier alpha value is -1.76. The van der Waals surface area contributed by atoms with Crippen molar-refractivity contribution in [2.24, 2.45) is 5.92 Å². The molecule has 2 unspecified atom stereocenters. The summed E-state index contributed by atoms with van der Waals surface area (Å²) in [6, 6.07) is 5.87. The Kier molecular flexibility index (Phi) is 4.72. The van der Waals surface area contributed by atoms with Crippen LogP contribution in [0.5, 0.6) is 5.75 Å². The number of alkyl halides is 3. The van der Waals surface area contributed by atoms with Crippen LogP contribution in [-0.2, 0) is 4.79 Å². The van der Waals surface area contributed by atoms with Gasteiger partial charge in [0.25, 0.3) is 0 Å². The number of rotatable bonds is 3. The average Bonchev–Trinajstić information content (AvgIpc) is 2.40. The van der Waals surface area contributed by atoms with E-state index in [0.29, 0.717) is 19.0 Å². The van der Waals surface area contributed by atoms with Gasteiger partial charge in [0, 0.05) is 12.6 Å². The monoisotopic (exact) mass is 302 g/mol. The molecule has 0 bridgehead atoms. The van der Waals surface area contributed by atoms with Gasteiger partial charge in [-0.1, -0.05) is 12.1 Å². The lowest BCUT2D eigenvalue weighted by molar-refractivity contribution is -0.274. The second kappa shape index (κ2) is 6.34. The summed E-state index contributed by atoms with van der Waals surface area (Å²) in [6.07, 6.45) is -3.22. The molecule has 1 amide bonds. The van der Waals surface area contributed by atoms with E-state index in [-0.39, 0.29) is 17.5 Å². The summed E-state index contributed by atoms with van der Waals surface area (Å²) in [4.78, 5) is 12.1. The molecule has 1 aromatic carbocycles. The van der Waals surface area contributed by atoms with Gasteiger partial charge >= 0.3 is 6.36 Å². The number of halogens is 3. The molecule has 0 aliphatic carbocycles. The Morgan fingerprint density at radius 1 is 1.33 bits per heavy atom. The molecule has 116 valence electrons. The number of anilines is 1. The highest BCUT2D eigenvalue weighted by atomic mass is 19.4. The number of para-hydroxylation sites is 2. The van der Waals surface area contributed by atoms with Gasteiger partial charge in [-0.2, -0.15) is 0 Å². The lowest BCUT2D eigenvalue weighted by atomic mass is 9.95. The van der Waals surface area contributed by atoms with Gasteiger partial charge in [-0.15, -0.1) is 13.2 Å². The lowest BCUT2D eigenvalue weighted by Crippen LogP contribution is -2.41. The molecular weight excluding hydrogens is 285 g/mol. The van der Waals surface area contributed by atoms with Gasteiger partial charge in [0.05, 0.1) is 11.6 Å². The van der Waals surface area contributed by atoms with Gasteiger partial charge in [-0.3, -0.25) is 4.79 Å². The van der Waals surface area contributed by atoms with Crippen molar-refractivity contribution < 1.29 is 22.7 Å². The molecule has 4 nitrogen and oxygen atoms in total. The van der Waals surface area contributed by atoms with E-state index in [0.717, 1.165) is 6.42 Å². The Morgan fingerprint density at radius 3 is 2.67 bits per heavy atom. The van der Waals surface area contributed by atoms with Crippen LogP contribution in [0.2, 0.25) is 0 Å². The molecule has 21 heavy (non-hydrogen) atoms. The second-order valence-corrected chi connectivity index (χ2v) is 5.12. The van der Waals surface area contributed by atoms with Crippen molar-refractivity contribution in [1.82, 2.24) is 5.32 Å². The fraction of sp³-hybridized carbons (Fsp3) is 0.500. The lowest BCUT2D eigenvalue weighted by Gasteiger charge is -2.27. The highest BCUT2D eigenvalue weighted by Crippen LogP contribution is 2.30. The molecule has 1 aromatic rings. The molecule has 1 aliphatic rings. The largest absolute Gasteiger partial charge is 0.573 e. The van der Waals surface area contributed by atoms with E-state index < -0.39 is 12.1 Å². The van der Waals surface area contributed by atoms with Gasteiger partial charge in [-0.05, 0) is 31.9 Å². The first-order valence-electron chi connectivity index (χ1n) is 6.74. The highest BCUT2D eigenvalue weighted by molar-refractivity contribution is 5.94. The maximum atomic E-state index is 12.3. The smallest absolute Gasteiger partial charge is 0.404 e. The quantitative estimate of drug-likeness (QED) is 0.902. The maximum absolute atomic E-state index is 12.3. The summed E-state index contributed by atoms with van der Waals surface area (Å²) in [7, 11) is 0. The second-order valence-electron chi connectivity index (χ2n) is 5.12. The summed E-state index contributed by atoms with van der Waals surface area (Å²) in [5.74, 6) is -0.955. The minimum absolute atomic E-state index is 0.0263. The van der Waals surface area contributed by atoms with Crippen LogP contribution in [0.15, 0.2) is 24.3 Å². The zero-order valence-corrected chi connectivity index (χ0v) is 11.5. The molecule has 7 heteroatoms. The number of carbonyl (C=O) groups excluding carboxylic acids is 1. The van der Waals surface area contributed by atoms with Crippen molar-refractivity contribution in [3.8, 4) is 5.75 Å². The zero-order valence-electron chi connectivity index (χ0n) is 11.5. The first-order valence-corrected chi connectivity index (χ1v) is 6.74. The topological polar surface area (TPSA) is 50.4 Å². The first kappa shape index (κ1) is 15.6. The van der Waals surface area contributed by atoms with E-state index in [9.17, 15) is 18.0 Å². The standard InChI is InChI=1S/C14H17F3N2O2/c1-9-6-7-10(8-18-9)13(20)19-11-4-2-3-5-12(11)21-14(15,16)17/h2-5,9-10,18H,6-8H2,1H3,(H,19,20). The Morgan fingerprint density at radius 2 is 2.05 bits per heavy atom. The number of carbonyl (C=O) groups is 1. The van der Waals surface area contributed by atoms with Gasteiger partial charge < -0.3 is 15.4 Å². The molecule has 2 rings (SSSR count). The third-order valence-corrected chi connectivity index (χ3v) is 3.40. The van der Waals surface area contributed by atoms with E-state index in [1.54, 1.807) is 6.07 Å². The molecule has 1 fully saturated rings. The minimum atomic E-state index is -4.79. The third-order valence-electron chi connectivity index (χ3n) is 3.40. The molecule has 0 saturated carbocycles. The minimum Gasteiger partial charge on any atom is -0.404 e. The summed E-state index contributed by atoms with van der Waals surface area (Å²) >= 11 is 0. The molecule has 2 N–H and O–H groups in total. The van der Waals surface area contributed by atoms with Crippen molar-refractivity contribution in [3.63, 3.8) is 0 Å².